The molecule has 0 atom stereocenters. The van der Waals surface area contributed by atoms with E-state index in [1.165, 1.54) is 16.8 Å². The van der Waals surface area contributed by atoms with Gasteiger partial charge < -0.3 is 10.3 Å². The van der Waals surface area contributed by atoms with E-state index >= 15 is 0 Å². The monoisotopic (exact) mass is 306 g/mol. The quantitative estimate of drug-likeness (QED) is 0.744. The van der Waals surface area contributed by atoms with Crippen molar-refractivity contribution in [3.8, 4) is 0 Å². The number of nitrogens with zero attached hydrogens (tertiary/aromatic N) is 1. The van der Waals surface area contributed by atoms with Gasteiger partial charge in [-0.05, 0) is 30.0 Å². The van der Waals surface area contributed by atoms with Gasteiger partial charge in [0, 0.05) is 23.1 Å². The summed E-state index contributed by atoms with van der Waals surface area (Å²) in [6, 6.07) is 18.8. The second-order valence-corrected chi connectivity index (χ2v) is 5.83. The maximum atomic E-state index is 11.5. The Labute approximate surface area is 136 Å². The molecule has 23 heavy (non-hydrogen) atoms. The zero-order valence-corrected chi connectivity index (χ0v) is 13.5. The minimum atomic E-state index is -0.273. The van der Waals surface area contributed by atoms with E-state index in [0.29, 0.717) is 6.42 Å². The summed E-state index contributed by atoms with van der Waals surface area (Å²) < 4.78 is 2.35. The van der Waals surface area contributed by atoms with Crippen molar-refractivity contribution in [1.82, 2.24) is 4.57 Å². The van der Waals surface area contributed by atoms with Gasteiger partial charge in [0.15, 0.2) is 0 Å². The number of fused-ring (bicyclic) bond motifs is 1. The lowest BCUT2D eigenvalue weighted by Crippen LogP contribution is -2.15. The van der Waals surface area contributed by atoms with E-state index in [9.17, 15) is 4.79 Å². The lowest BCUT2D eigenvalue weighted by molar-refractivity contribution is -0.117. The Morgan fingerprint density at radius 3 is 2.43 bits per heavy atom. The number of carbonyl (C=O) groups is 1. The molecular formula is C20H22N2O. The molecule has 3 aromatic rings. The fourth-order valence-electron chi connectivity index (χ4n) is 3.34. The van der Waals surface area contributed by atoms with Crippen LogP contribution >= 0.6 is 0 Å². The van der Waals surface area contributed by atoms with E-state index in [2.05, 4.69) is 54.0 Å². The van der Waals surface area contributed by atoms with Crippen LogP contribution in [0.5, 0.6) is 0 Å². The number of para-hydroxylation sites is 1. The maximum absolute atomic E-state index is 11.5. The second kappa shape index (κ2) is 6.69. The predicted molar refractivity (Wildman–Crippen MR) is 94.4 cm³/mol. The number of aryl methyl sites for hydroxylation is 2. The number of nitrogens with two attached hydrogens (primary N) is 1. The number of rotatable bonds is 6. The smallest absolute Gasteiger partial charge is 0.221 e. The molecule has 0 fully saturated rings. The van der Waals surface area contributed by atoms with Gasteiger partial charge in [0.2, 0.25) is 5.91 Å². The molecule has 118 valence electrons. The van der Waals surface area contributed by atoms with Crippen molar-refractivity contribution >= 4 is 16.8 Å². The van der Waals surface area contributed by atoms with Crippen molar-refractivity contribution in [2.45, 2.75) is 32.7 Å². The molecule has 1 heterocycles. The van der Waals surface area contributed by atoms with Gasteiger partial charge in [0.1, 0.15) is 0 Å². The highest BCUT2D eigenvalue weighted by Gasteiger charge is 2.16. The summed E-state index contributed by atoms with van der Waals surface area (Å²) in [6.07, 6.45) is 2.18. The average molecular weight is 306 g/mol. The molecule has 0 aliphatic carbocycles. The molecule has 3 rings (SSSR count). The van der Waals surface area contributed by atoms with Gasteiger partial charge in [-0.1, -0.05) is 55.5 Å². The Hall–Kier alpha value is -2.55. The van der Waals surface area contributed by atoms with E-state index in [1.54, 1.807) is 0 Å². The van der Waals surface area contributed by atoms with Gasteiger partial charge in [-0.15, -0.1) is 0 Å². The third-order valence-electron chi connectivity index (χ3n) is 4.35. The first-order valence-electron chi connectivity index (χ1n) is 8.12. The lowest BCUT2D eigenvalue weighted by atomic mass is 10.1. The topological polar surface area (TPSA) is 48.0 Å². The molecule has 2 aromatic carbocycles. The van der Waals surface area contributed by atoms with Crippen LogP contribution in [0.15, 0.2) is 54.6 Å². The molecule has 0 saturated heterocycles. The summed E-state index contributed by atoms with van der Waals surface area (Å²) in [5.74, 6) is -0.273. The zero-order valence-electron chi connectivity index (χ0n) is 13.5. The molecule has 0 bridgehead atoms. The molecule has 1 aromatic heterocycles. The summed E-state index contributed by atoms with van der Waals surface area (Å²) in [5, 5.41) is 1.15. The number of carbonyl (C=O) groups excluding carboxylic acids is 1. The summed E-state index contributed by atoms with van der Waals surface area (Å²) >= 11 is 0. The van der Waals surface area contributed by atoms with Gasteiger partial charge in [0.25, 0.3) is 0 Å². The van der Waals surface area contributed by atoms with Crippen LogP contribution in [0.3, 0.4) is 0 Å². The number of amides is 1. The van der Waals surface area contributed by atoms with E-state index in [0.717, 1.165) is 30.3 Å². The first-order chi connectivity index (χ1) is 11.2. The molecule has 0 unspecified atom stereocenters. The highest BCUT2D eigenvalue weighted by Crippen LogP contribution is 2.27. The Morgan fingerprint density at radius 2 is 1.74 bits per heavy atom. The molecule has 0 aliphatic heterocycles. The fraction of sp³-hybridized carbons (Fsp3) is 0.250. The van der Waals surface area contributed by atoms with Crippen molar-refractivity contribution in [2.75, 3.05) is 0 Å². The van der Waals surface area contributed by atoms with Crippen molar-refractivity contribution in [3.05, 3.63) is 71.4 Å². The molecular weight excluding hydrogens is 284 g/mol. The molecule has 3 heteroatoms. The number of primary amides is 1. The second-order valence-electron chi connectivity index (χ2n) is 5.83. The fourth-order valence-corrected chi connectivity index (χ4v) is 3.34. The largest absolute Gasteiger partial charge is 0.369 e. The molecule has 0 spiro atoms. The van der Waals surface area contributed by atoms with Gasteiger partial charge >= 0.3 is 0 Å². The van der Waals surface area contributed by atoms with Crippen molar-refractivity contribution in [3.63, 3.8) is 0 Å². The van der Waals surface area contributed by atoms with Crippen LogP contribution in [0, 0.1) is 0 Å². The summed E-state index contributed by atoms with van der Waals surface area (Å²) in [4.78, 5) is 11.5. The molecule has 3 nitrogen and oxygen atoms in total. The molecule has 0 aliphatic rings. The van der Waals surface area contributed by atoms with Gasteiger partial charge in [-0.2, -0.15) is 0 Å². The first-order valence-corrected chi connectivity index (χ1v) is 8.12. The van der Waals surface area contributed by atoms with E-state index in [4.69, 9.17) is 5.73 Å². The third kappa shape index (κ3) is 3.14. The van der Waals surface area contributed by atoms with Crippen LogP contribution < -0.4 is 5.73 Å². The summed E-state index contributed by atoms with van der Waals surface area (Å²) in [5.41, 5.74) is 10.3. The van der Waals surface area contributed by atoms with Gasteiger partial charge in [-0.25, -0.2) is 0 Å². The lowest BCUT2D eigenvalue weighted by Gasteiger charge is -2.11. The van der Waals surface area contributed by atoms with Crippen LogP contribution in [-0.2, 0) is 30.6 Å². The van der Waals surface area contributed by atoms with E-state index < -0.39 is 0 Å². The van der Waals surface area contributed by atoms with Crippen LogP contribution in [0.1, 0.15) is 23.7 Å². The zero-order chi connectivity index (χ0) is 16.2. The molecule has 0 radical (unpaired) electrons. The predicted octanol–water partition coefficient (Wildman–Crippen LogP) is 3.47. The van der Waals surface area contributed by atoms with Gasteiger partial charge in [-0.3, -0.25) is 4.79 Å². The maximum Gasteiger partial charge on any atom is 0.221 e. The van der Waals surface area contributed by atoms with Crippen LogP contribution in [0.25, 0.3) is 10.9 Å². The summed E-state index contributed by atoms with van der Waals surface area (Å²) in [7, 11) is 0. The average Bonchev–Trinajstić information content (AvgIpc) is 2.86. The molecule has 1 amide bonds. The number of hydrogen-bond donors (Lipinski definition) is 1. The Balaban J connectivity index is 2.02. The Bertz CT molecular complexity index is 818. The van der Waals surface area contributed by atoms with Crippen LogP contribution in [-0.4, -0.2) is 10.5 Å². The number of benzene rings is 2. The van der Waals surface area contributed by atoms with E-state index in [-0.39, 0.29) is 5.91 Å². The molecule has 0 saturated carbocycles. The molecule has 2 N–H and O–H groups in total. The highest BCUT2D eigenvalue weighted by atomic mass is 16.1. The van der Waals surface area contributed by atoms with Crippen molar-refractivity contribution in [2.24, 2.45) is 5.73 Å². The van der Waals surface area contributed by atoms with E-state index in [1.807, 2.05) is 12.1 Å². The standard InChI is InChI=1S/C20H22N2O/c1-2-18-17(14-20(21)23)16-10-6-7-11-19(16)22(18)13-12-15-8-4-3-5-9-15/h3-11H,2,12-14H2,1H3,(H2,21,23). The number of hydrogen-bond acceptors (Lipinski definition) is 1. The first kappa shape index (κ1) is 15.3. The SMILES string of the molecule is CCc1c(CC(N)=O)c2ccccc2n1CCc1ccccc1. The van der Waals surface area contributed by atoms with Crippen LogP contribution in [0.2, 0.25) is 0 Å². The summed E-state index contributed by atoms with van der Waals surface area (Å²) in [6.45, 7) is 3.05. The highest BCUT2D eigenvalue weighted by molar-refractivity contribution is 5.90. The van der Waals surface area contributed by atoms with Crippen molar-refractivity contribution < 1.29 is 4.79 Å². The minimum Gasteiger partial charge on any atom is -0.369 e. The third-order valence-corrected chi connectivity index (χ3v) is 4.35. The van der Waals surface area contributed by atoms with Crippen LogP contribution in [0.4, 0.5) is 0 Å². The Morgan fingerprint density at radius 1 is 1.04 bits per heavy atom. The number of aromatic nitrogens is 1. The normalized spacial score (nSPS) is 11.0. The Kier molecular flexibility index (Phi) is 4.47. The van der Waals surface area contributed by atoms with Crippen molar-refractivity contribution in [1.29, 1.82) is 0 Å². The minimum absolute atomic E-state index is 0.273. The van der Waals surface area contributed by atoms with Gasteiger partial charge in [0.05, 0.1) is 6.42 Å².